The van der Waals surface area contributed by atoms with Gasteiger partial charge in [-0.05, 0) is 31.4 Å². The summed E-state index contributed by atoms with van der Waals surface area (Å²) < 4.78 is 39.7. The number of halogens is 1. The molecule has 5 nitrogen and oxygen atoms in total. The minimum absolute atomic E-state index is 0.0985. The fourth-order valence-corrected chi connectivity index (χ4v) is 5.85. The van der Waals surface area contributed by atoms with Gasteiger partial charge in [0.1, 0.15) is 11.9 Å². The first-order valence-corrected chi connectivity index (χ1v) is 12.4. The van der Waals surface area contributed by atoms with E-state index in [4.69, 9.17) is 0 Å². The average Bonchev–Trinajstić information content (AvgIpc) is 2.64. The van der Waals surface area contributed by atoms with Crippen LogP contribution in [0.15, 0.2) is 24.3 Å². The van der Waals surface area contributed by atoms with Crippen LogP contribution in [0.5, 0.6) is 0 Å². The molecule has 1 aliphatic carbocycles. The van der Waals surface area contributed by atoms with Crippen LogP contribution in [0.25, 0.3) is 0 Å². The molecule has 1 atom stereocenters. The van der Waals surface area contributed by atoms with E-state index in [1.165, 1.54) is 50.3 Å². The van der Waals surface area contributed by atoms with Crippen molar-refractivity contribution in [2.24, 2.45) is 0 Å². The Labute approximate surface area is 166 Å². The fraction of sp³-hybridized carbons (Fsp3) is 0.632. The number of anilines is 1. The number of hydrogen-bond donors (Lipinski definition) is 1. The molecule has 0 bridgehead atoms. The predicted molar refractivity (Wildman–Crippen MR) is 110 cm³/mol. The van der Waals surface area contributed by atoms with E-state index in [9.17, 15) is 17.6 Å². The SMILES string of the molecule is CC[C@H](C(=O)NCCSC1CCCCC1)N(c1ccccc1F)S(C)(=O)=O. The molecule has 1 aromatic rings. The summed E-state index contributed by atoms with van der Waals surface area (Å²) in [6.45, 7) is 2.20. The Morgan fingerprint density at radius 2 is 1.96 bits per heavy atom. The molecular weight excluding hydrogens is 387 g/mol. The van der Waals surface area contributed by atoms with E-state index in [0.717, 1.165) is 16.3 Å². The Morgan fingerprint density at radius 3 is 2.56 bits per heavy atom. The van der Waals surface area contributed by atoms with Crippen LogP contribution in [0.3, 0.4) is 0 Å². The molecule has 1 fully saturated rings. The Bertz CT molecular complexity index is 721. The highest BCUT2D eigenvalue weighted by molar-refractivity contribution is 7.99. The zero-order valence-electron chi connectivity index (χ0n) is 16.0. The van der Waals surface area contributed by atoms with Gasteiger partial charge in [0.25, 0.3) is 0 Å². The van der Waals surface area contributed by atoms with Gasteiger partial charge >= 0.3 is 0 Å². The van der Waals surface area contributed by atoms with Gasteiger partial charge in [-0.15, -0.1) is 0 Å². The van der Waals surface area contributed by atoms with Crippen molar-refractivity contribution in [3.05, 3.63) is 30.1 Å². The van der Waals surface area contributed by atoms with E-state index in [0.29, 0.717) is 11.8 Å². The number of nitrogens with zero attached hydrogens (tertiary/aromatic N) is 1. The number of sulfonamides is 1. The smallest absolute Gasteiger partial charge is 0.243 e. The van der Waals surface area contributed by atoms with Crippen molar-refractivity contribution in [3.8, 4) is 0 Å². The van der Waals surface area contributed by atoms with Crippen LogP contribution in [0.4, 0.5) is 10.1 Å². The number of amides is 1. The molecule has 0 aliphatic heterocycles. The van der Waals surface area contributed by atoms with Crippen molar-refractivity contribution >= 4 is 33.4 Å². The lowest BCUT2D eigenvalue weighted by molar-refractivity contribution is -0.122. The highest BCUT2D eigenvalue weighted by atomic mass is 32.2. The lowest BCUT2D eigenvalue weighted by Gasteiger charge is -2.30. The largest absolute Gasteiger partial charge is 0.353 e. The second-order valence-electron chi connectivity index (χ2n) is 6.86. The summed E-state index contributed by atoms with van der Waals surface area (Å²) in [4.78, 5) is 12.6. The van der Waals surface area contributed by atoms with Crippen LogP contribution >= 0.6 is 11.8 Å². The van der Waals surface area contributed by atoms with Crippen molar-refractivity contribution in [2.45, 2.75) is 56.7 Å². The summed E-state index contributed by atoms with van der Waals surface area (Å²) in [5, 5.41) is 3.48. The van der Waals surface area contributed by atoms with Crippen LogP contribution in [0.2, 0.25) is 0 Å². The molecule has 1 aliphatic rings. The molecule has 0 saturated heterocycles. The first kappa shape index (κ1) is 22.0. The molecule has 2 rings (SSSR count). The Balaban J connectivity index is 2.00. The van der Waals surface area contributed by atoms with Crippen molar-refractivity contribution in [2.75, 3.05) is 22.9 Å². The second-order valence-corrected chi connectivity index (χ2v) is 10.1. The summed E-state index contributed by atoms with van der Waals surface area (Å²) in [5.74, 6) is -0.261. The summed E-state index contributed by atoms with van der Waals surface area (Å²) in [6, 6.07) is 4.64. The van der Waals surface area contributed by atoms with Gasteiger partial charge in [0.15, 0.2) is 0 Å². The summed E-state index contributed by atoms with van der Waals surface area (Å²) in [5.41, 5.74) is -0.0985. The molecule has 27 heavy (non-hydrogen) atoms. The molecule has 0 spiro atoms. The lowest BCUT2D eigenvalue weighted by Crippen LogP contribution is -2.50. The maximum atomic E-state index is 14.2. The molecule has 1 aromatic carbocycles. The third-order valence-electron chi connectivity index (χ3n) is 4.73. The predicted octanol–water partition coefficient (Wildman–Crippen LogP) is 3.55. The molecule has 0 aromatic heterocycles. The maximum absolute atomic E-state index is 14.2. The van der Waals surface area contributed by atoms with E-state index in [1.54, 1.807) is 13.0 Å². The van der Waals surface area contributed by atoms with E-state index in [1.807, 2.05) is 11.8 Å². The molecule has 0 radical (unpaired) electrons. The Hall–Kier alpha value is -1.28. The second kappa shape index (κ2) is 10.3. The van der Waals surface area contributed by atoms with Crippen LogP contribution in [-0.4, -0.2) is 44.2 Å². The monoisotopic (exact) mass is 416 g/mol. The molecule has 1 amide bonds. The number of para-hydroxylation sites is 1. The van der Waals surface area contributed by atoms with E-state index in [2.05, 4.69) is 5.32 Å². The van der Waals surface area contributed by atoms with Gasteiger partial charge in [-0.1, -0.05) is 38.3 Å². The Morgan fingerprint density at radius 1 is 1.30 bits per heavy atom. The minimum Gasteiger partial charge on any atom is -0.353 e. The number of carbonyl (C=O) groups excluding carboxylic acids is 1. The molecule has 8 heteroatoms. The number of thioether (sulfide) groups is 1. The number of rotatable bonds is 9. The molecule has 0 unspecified atom stereocenters. The van der Waals surface area contributed by atoms with Crippen LogP contribution in [-0.2, 0) is 14.8 Å². The van der Waals surface area contributed by atoms with Crippen LogP contribution in [0.1, 0.15) is 45.4 Å². The van der Waals surface area contributed by atoms with Gasteiger partial charge in [0.05, 0.1) is 11.9 Å². The minimum atomic E-state index is -3.82. The normalized spacial score (nSPS) is 16.7. The topological polar surface area (TPSA) is 66.5 Å². The first-order valence-electron chi connectivity index (χ1n) is 9.47. The zero-order valence-corrected chi connectivity index (χ0v) is 17.6. The van der Waals surface area contributed by atoms with Crippen LogP contribution < -0.4 is 9.62 Å². The van der Waals surface area contributed by atoms with Gasteiger partial charge in [-0.3, -0.25) is 9.10 Å². The molecule has 0 heterocycles. The summed E-state index contributed by atoms with van der Waals surface area (Å²) >= 11 is 1.86. The number of nitrogens with one attached hydrogen (secondary N) is 1. The average molecular weight is 417 g/mol. The number of benzene rings is 1. The first-order chi connectivity index (χ1) is 12.8. The van der Waals surface area contributed by atoms with Crippen molar-refractivity contribution in [3.63, 3.8) is 0 Å². The van der Waals surface area contributed by atoms with Gasteiger partial charge < -0.3 is 5.32 Å². The zero-order chi connectivity index (χ0) is 19.9. The van der Waals surface area contributed by atoms with Crippen molar-refractivity contribution in [1.82, 2.24) is 5.32 Å². The highest BCUT2D eigenvalue weighted by Gasteiger charge is 2.32. The van der Waals surface area contributed by atoms with Crippen molar-refractivity contribution in [1.29, 1.82) is 0 Å². The molecule has 1 N–H and O–H groups in total. The van der Waals surface area contributed by atoms with E-state index >= 15 is 0 Å². The van der Waals surface area contributed by atoms with Gasteiger partial charge in [0.2, 0.25) is 15.9 Å². The number of hydrogen-bond acceptors (Lipinski definition) is 4. The molecular formula is C19H29FN2O3S2. The van der Waals surface area contributed by atoms with Gasteiger partial charge in [-0.25, -0.2) is 12.8 Å². The van der Waals surface area contributed by atoms with E-state index < -0.39 is 27.8 Å². The third kappa shape index (κ3) is 6.38. The van der Waals surface area contributed by atoms with Crippen molar-refractivity contribution < 1.29 is 17.6 Å². The standard InChI is InChI=1S/C19H29FN2O3S2/c1-3-17(19(23)21-13-14-26-15-9-5-4-6-10-15)22(27(2,24)25)18-12-8-7-11-16(18)20/h7-8,11-12,15,17H,3-6,9-10,13-14H2,1-2H3,(H,21,23)/t17-/m1/s1. The van der Waals surface area contributed by atoms with Crippen LogP contribution in [0, 0.1) is 5.82 Å². The molecule has 152 valence electrons. The third-order valence-corrected chi connectivity index (χ3v) is 7.28. The molecule has 1 saturated carbocycles. The number of carbonyl (C=O) groups is 1. The quantitative estimate of drug-likeness (QED) is 0.625. The fourth-order valence-electron chi connectivity index (χ4n) is 3.42. The summed E-state index contributed by atoms with van der Waals surface area (Å²) in [6.07, 6.45) is 7.55. The highest BCUT2D eigenvalue weighted by Crippen LogP contribution is 2.28. The summed E-state index contributed by atoms with van der Waals surface area (Å²) in [7, 11) is -3.82. The van der Waals surface area contributed by atoms with Gasteiger partial charge in [-0.2, -0.15) is 11.8 Å². The van der Waals surface area contributed by atoms with E-state index in [-0.39, 0.29) is 12.1 Å². The Kier molecular flexibility index (Phi) is 8.41. The van der Waals surface area contributed by atoms with Gasteiger partial charge in [0, 0.05) is 17.5 Å². The lowest BCUT2D eigenvalue weighted by atomic mass is 10.0. The maximum Gasteiger partial charge on any atom is 0.243 e.